The molecule has 0 saturated carbocycles. The smallest absolute Gasteiger partial charge is 0.417 e. The Bertz CT molecular complexity index is 381. The van der Waals surface area contributed by atoms with Gasteiger partial charge in [0, 0.05) is 6.20 Å². The number of carbonyl (C=O) groups is 1. The molecule has 8 heteroatoms. The van der Waals surface area contributed by atoms with Gasteiger partial charge in [-0.25, -0.2) is 9.78 Å². The SMILES string of the molecule is O=C(O)c1ncc(C(F)(F)F)cc1Cl.[Cl-]. The molecular formula is C7H3Cl2F3NO2-. The standard InChI is InChI=1S/C7H3ClF3NO2.ClH/c8-4-1-3(7(9,10)11)2-12-5(4)6(13)14;/h1-2H,(H,13,14);1H/p-1. The van der Waals surface area contributed by atoms with E-state index < -0.39 is 28.4 Å². The summed E-state index contributed by atoms with van der Waals surface area (Å²) in [6.07, 6.45) is -4.15. The van der Waals surface area contributed by atoms with E-state index in [1.807, 2.05) is 0 Å². The predicted molar refractivity (Wildman–Crippen MR) is 41.2 cm³/mol. The molecule has 0 amide bonds. The topological polar surface area (TPSA) is 50.2 Å². The van der Waals surface area contributed by atoms with Crippen LogP contribution in [-0.2, 0) is 6.18 Å². The van der Waals surface area contributed by atoms with Gasteiger partial charge in [-0.05, 0) is 6.07 Å². The molecule has 0 aromatic carbocycles. The van der Waals surface area contributed by atoms with E-state index in [2.05, 4.69) is 4.98 Å². The maximum atomic E-state index is 12.1. The van der Waals surface area contributed by atoms with Crippen molar-refractivity contribution in [2.45, 2.75) is 6.18 Å². The molecule has 0 atom stereocenters. The number of aromatic nitrogens is 1. The number of pyridine rings is 1. The molecular weight excluding hydrogens is 258 g/mol. The lowest BCUT2D eigenvalue weighted by Crippen LogP contribution is -3.00. The molecule has 0 aliphatic carbocycles. The number of carboxylic acid groups (broad SMARTS) is 1. The summed E-state index contributed by atoms with van der Waals surface area (Å²) in [7, 11) is 0. The fourth-order valence-electron chi connectivity index (χ4n) is 0.750. The van der Waals surface area contributed by atoms with Gasteiger partial charge in [-0.1, -0.05) is 11.6 Å². The first-order valence-electron chi connectivity index (χ1n) is 3.28. The molecule has 0 fully saturated rings. The fraction of sp³-hybridized carbons (Fsp3) is 0.143. The van der Waals surface area contributed by atoms with E-state index in [4.69, 9.17) is 16.7 Å². The van der Waals surface area contributed by atoms with Crippen molar-refractivity contribution in [3.63, 3.8) is 0 Å². The van der Waals surface area contributed by atoms with Crippen molar-refractivity contribution in [2.75, 3.05) is 0 Å². The van der Waals surface area contributed by atoms with E-state index in [1.165, 1.54) is 0 Å². The predicted octanol–water partition coefficient (Wildman–Crippen LogP) is -0.544. The van der Waals surface area contributed by atoms with Gasteiger partial charge in [0.2, 0.25) is 0 Å². The molecule has 0 spiro atoms. The van der Waals surface area contributed by atoms with E-state index in [9.17, 15) is 18.0 Å². The lowest BCUT2D eigenvalue weighted by atomic mass is 10.2. The number of hydrogen-bond donors (Lipinski definition) is 1. The zero-order chi connectivity index (χ0) is 10.9. The molecule has 0 saturated heterocycles. The maximum absolute atomic E-state index is 12.1. The minimum absolute atomic E-state index is 0. The Morgan fingerprint density at radius 2 is 2.00 bits per heavy atom. The van der Waals surface area contributed by atoms with Crippen LogP contribution in [0.5, 0.6) is 0 Å². The van der Waals surface area contributed by atoms with E-state index in [-0.39, 0.29) is 12.4 Å². The summed E-state index contributed by atoms with van der Waals surface area (Å²) in [5.41, 5.74) is -1.67. The second-order valence-electron chi connectivity index (χ2n) is 2.36. The Morgan fingerprint density at radius 3 is 2.33 bits per heavy atom. The van der Waals surface area contributed by atoms with Crippen LogP contribution in [0.2, 0.25) is 5.02 Å². The number of nitrogens with zero attached hydrogens (tertiary/aromatic N) is 1. The minimum atomic E-state index is -4.58. The number of aromatic carboxylic acids is 1. The van der Waals surface area contributed by atoms with Crippen LogP contribution in [-0.4, -0.2) is 16.1 Å². The molecule has 0 bridgehead atoms. The average molecular weight is 261 g/mol. The first-order valence-corrected chi connectivity index (χ1v) is 3.66. The second-order valence-corrected chi connectivity index (χ2v) is 2.76. The van der Waals surface area contributed by atoms with Crippen LogP contribution in [0.15, 0.2) is 12.3 Å². The highest BCUT2D eigenvalue weighted by atomic mass is 35.5. The van der Waals surface area contributed by atoms with Crippen molar-refractivity contribution >= 4 is 17.6 Å². The zero-order valence-corrected chi connectivity index (χ0v) is 8.36. The van der Waals surface area contributed by atoms with E-state index >= 15 is 0 Å². The first-order chi connectivity index (χ1) is 6.32. The molecule has 84 valence electrons. The Balaban J connectivity index is 0.00000196. The van der Waals surface area contributed by atoms with Gasteiger partial charge >= 0.3 is 12.1 Å². The summed E-state index contributed by atoms with van der Waals surface area (Å²) < 4.78 is 36.2. The fourth-order valence-corrected chi connectivity index (χ4v) is 0.997. The highest BCUT2D eigenvalue weighted by molar-refractivity contribution is 6.33. The van der Waals surface area contributed by atoms with Crippen molar-refractivity contribution < 1.29 is 35.5 Å². The molecule has 0 unspecified atom stereocenters. The van der Waals surface area contributed by atoms with Gasteiger partial charge in [0.05, 0.1) is 10.6 Å². The number of halogens is 5. The Morgan fingerprint density at radius 1 is 1.47 bits per heavy atom. The summed E-state index contributed by atoms with van der Waals surface area (Å²) in [6, 6.07) is 0.526. The van der Waals surface area contributed by atoms with Gasteiger partial charge in [-0.15, -0.1) is 0 Å². The molecule has 3 nitrogen and oxygen atoms in total. The number of carboxylic acids is 1. The largest absolute Gasteiger partial charge is 1.00 e. The van der Waals surface area contributed by atoms with E-state index in [0.29, 0.717) is 12.3 Å². The lowest BCUT2D eigenvalue weighted by molar-refractivity contribution is -0.137. The Kier molecular flexibility index (Phi) is 4.36. The van der Waals surface area contributed by atoms with Gasteiger partial charge < -0.3 is 17.5 Å². The quantitative estimate of drug-likeness (QED) is 0.738. The monoisotopic (exact) mass is 260 g/mol. The minimum Gasteiger partial charge on any atom is -1.00 e. The summed E-state index contributed by atoms with van der Waals surface area (Å²) in [5.74, 6) is -1.47. The van der Waals surface area contributed by atoms with Crippen LogP contribution in [0.3, 0.4) is 0 Å². The molecule has 1 heterocycles. The number of hydrogen-bond acceptors (Lipinski definition) is 2. The molecule has 0 aliphatic rings. The summed E-state index contributed by atoms with van der Waals surface area (Å²) >= 11 is 5.29. The number of alkyl halides is 3. The van der Waals surface area contributed by atoms with E-state index in [0.717, 1.165) is 0 Å². The molecule has 0 aliphatic heterocycles. The third-order valence-corrected chi connectivity index (χ3v) is 1.66. The molecule has 1 aromatic rings. The second kappa shape index (κ2) is 4.67. The first kappa shape index (κ1) is 14.0. The summed E-state index contributed by atoms with van der Waals surface area (Å²) in [4.78, 5) is 13.4. The van der Waals surface area contributed by atoms with Gasteiger partial charge in [-0.3, -0.25) is 0 Å². The zero-order valence-electron chi connectivity index (χ0n) is 6.85. The van der Waals surface area contributed by atoms with Gasteiger partial charge in [0.1, 0.15) is 0 Å². The summed E-state index contributed by atoms with van der Waals surface area (Å²) in [5, 5.41) is 7.90. The molecule has 1 rings (SSSR count). The van der Waals surface area contributed by atoms with Crippen molar-refractivity contribution in [1.82, 2.24) is 4.98 Å². The van der Waals surface area contributed by atoms with Crippen LogP contribution in [0.25, 0.3) is 0 Å². The highest BCUT2D eigenvalue weighted by Gasteiger charge is 2.32. The van der Waals surface area contributed by atoms with Gasteiger partial charge in [-0.2, -0.15) is 13.2 Å². The van der Waals surface area contributed by atoms with Crippen LogP contribution in [0.4, 0.5) is 13.2 Å². The molecule has 1 N–H and O–H groups in total. The maximum Gasteiger partial charge on any atom is 0.417 e. The highest BCUT2D eigenvalue weighted by Crippen LogP contribution is 2.30. The van der Waals surface area contributed by atoms with Crippen LogP contribution in [0, 0.1) is 0 Å². The van der Waals surface area contributed by atoms with Gasteiger partial charge in [0.25, 0.3) is 0 Å². The van der Waals surface area contributed by atoms with Crippen molar-refractivity contribution in [3.8, 4) is 0 Å². The number of rotatable bonds is 1. The van der Waals surface area contributed by atoms with Crippen LogP contribution >= 0.6 is 11.6 Å². The molecule has 0 radical (unpaired) electrons. The normalized spacial score (nSPS) is 10.7. The van der Waals surface area contributed by atoms with Crippen molar-refractivity contribution in [1.29, 1.82) is 0 Å². The lowest BCUT2D eigenvalue weighted by Gasteiger charge is -2.06. The van der Waals surface area contributed by atoms with Gasteiger partial charge in [0.15, 0.2) is 5.69 Å². The van der Waals surface area contributed by atoms with Crippen molar-refractivity contribution in [2.24, 2.45) is 0 Å². The third-order valence-electron chi connectivity index (χ3n) is 1.37. The van der Waals surface area contributed by atoms with Crippen molar-refractivity contribution in [3.05, 3.63) is 28.5 Å². The molecule has 15 heavy (non-hydrogen) atoms. The Hall–Kier alpha value is -1.01. The molecule has 1 aromatic heterocycles. The van der Waals surface area contributed by atoms with Crippen LogP contribution in [0.1, 0.15) is 16.1 Å². The third kappa shape index (κ3) is 3.24. The summed E-state index contributed by atoms with van der Waals surface area (Å²) in [6.45, 7) is 0. The van der Waals surface area contributed by atoms with Crippen LogP contribution < -0.4 is 12.4 Å². The Labute approximate surface area is 93.3 Å². The average Bonchev–Trinajstić information content (AvgIpc) is 2.01. The van der Waals surface area contributed by atoms with E-state index in [1.54, 1.807) is 0 Å².